The highest BCUT2D eigenvalue weighted by atomic mass is 16.7. The highest BCUT2D eigenvalue weighted by Gasteiger charge is 2.44. The van der Waals surface area contributed by atoms with E-state index in [4.69, 9.17) is 14.2 Å². The first-order chi connectivity index (χ1) is 15.2. The first-order valence-electron chi connectivity index (χ1n) is 9.54. The Labute approximate surface area is 179 Å². The maximum absolute atomic E-state index is 12.0. The van der Waals surface area contributed by atoms with Gasteiger partial charge in [0.1, 0.15) is 24.9 Å². The van der Waals surface area contributed by atoms with E-state index in [1.807, 2.05) is 0 Å². The maximum atomic E-state index is 12.0. The number of aromatic amines is 1. The van der Waals surface area contributed by atoms with E-state index in [-0.39, 0.29) is 24.3 Å². The zero-order valence-electron chi connectivity index (χ0n) is 16.9. The van der Waals surface area contributed by atoms with Crippen LogP contribution in [0.3, 0.4) is 0 Å². The van der Waals surface area contributed by atoms with Gasteiger partial charge in [0.15, 0.2) is 6.23 Å². The molecule has 172 valence electrons. The van der Waals surface area contributed by atoms with Gasteiger partial charge in [-0.15, -0.1) is 0 Å². The number of nitro groups is 1. The van der Waals surface area contributed by atoms with Gasteiger partial charge >= 0.3 is 11.8 Å². The number of aliphatic hydroxyl groups is 2. The van der Waals surface area contributed by atoms with Crippen LogP contribution < -0.4 is 11.2 Å². The Hall–Kier alpha value is -3.55. The van der Waals surface area contributed by atoms with Crippen LogP contribution in [0.1, 0.15) is 17.4 Å². The van der Waals surface area contributed by atoms with Gasteiger partial charge in [0, 0.05) is 29.8 Å². The van der Waals surface area contributed by atoms with Gasteiger partial charge in [-0.05, 0) is 6.92 Å². The summed E-state index contributed by atoms with van der Waals surface area (Å²) < 4.78 is 16.1. The number of nitrogens with one attached hydrogen (secondary N) is 1. The van der Waals surface area contributed by atoms with Gasteiger partial charge < -0.3 is 24.4 Å². The Bertz CT molecular complexity index is 1110. The number of aliphatic hydroxyl groups excluding tert-OH is 2. The van der Waals surface area contributed by atoms with Crippen LogP contribution in [0, 0.1) is 17.0 Å². The number of rotatable bonds is 7. The van der Waals surface area contributed by atoms with Crippen LogP contribution in [0.15, 0.2) is 40.1 Å². The van der Waals surface area contributed by atoms with Crippen molar-refractivity contribution in [3.05, 3.63) is 72.5 Å². The zero-order chi connectivity index (χ0) is 23.4. The second-order valence-corrected chi connectivity index (χ2v) is 7.07. The predicted octanol–water partition coefficient (Wildman–Crippen LogP) is -0.232. The molecule has 0 spiro atoms. The Morgan fingerprint density at radius 3 is 2.69 bits per heavy atom. The molecule has 1 aromatic heterocycles. The molecular weight excluding hydrogens is 430 g/mol. The standard InChI is InChI=1S/C19H21N3O10/c1-10-8-21(18(26)20-16(10)25)17-15(24)14(23)13(32-17)9-31-19(27)30-7-6-11-4-2-3-5-12(11)22(28)29/h2-5,8,13-15,17,23-24H,6-7,9H2,1H3,(H,20,25,26)/t13-,14?,15?,17-/m1/s1. The van der Waals surface area contributed by atoms with Crippen molar-refractivity contribution < 1.29 is 34.1 Å². The molecule has 1 saturated heterocycles. The summed E-state index contributed by atoms with van der Waals surface area (Å²) in [6.45, 7) is 0.776. The lowest BCUT2D eigenvalue weighted by atomic mass is 10.1. The molecule has 2 unspecified atom stereocenters. The van der Waals surface area contributed by atoms with Crippen molar-refractivity contribution >= 4 is 11.8 Å². The number of para-hydroxylation sites is 1. The molecule has 2 aromatic rings. The van der Waals surface area contributed by atoms with Crippen molar-refractivity contribution in [3.63, 3.8) is 0 Å². The average molecular weight is 451 g/mol. The summed E-state index contributed by atoms with van der Waals surface area (Å²) in [6, 6.07) is 6.02. The second kappa shape index (κ2) is 9.72. The first-order valence-corrected chi connectivity index (χ1v) is 9.54. The van der Waals surface area contributed by atoms with Crippen LogP contribution in [-0.2, 0) is 20.6 Å². The summed E-state index contributed by atoms with van der Waals surface area (Å²) >= 11 is 0. The number of carbonyl (C=O) groups is 1. The summed E-state index contributed by atoms with van der Waals surface area (Å²) in [6.07, 6.45) is -5.32. The van der Waals surface area contributed by atoms with Crippen LogP contribution in [0.4, 0.5) is 10.5 Å². The number of ether oxygens (including phenoxy) is 3. The number of H-pyrrole nitrogens is 1. The van der Waals surface area contributed by atoms with Crippen molar-refractivity contribution in [2.75, 3.05) is 13.2 Å². The molecule has 3 N–H and O–H groups in total. The fourth-order valence-corrected chi connectivity index (χ4v) is 3.21. The lowest BCUT2D eigenvalue weighted by Crippen LogP contribution is -2.38. The molecule has 13 nitrogen and oxygen atoms in total. The van der Waals surface area contributed by atoms with Crippen molar-refractivity contribution in [2.45, 2.75) is 37.9 Å². The average Bonchev–Trinajstić information content (AvgIpc) is 3.03. The third-order valence-corrected chi connectivity index (χ3v) is 4.90. The lowest BCUT2D eigenvalue weighted by molar-refractivity contribution is -0.385. The molecule has 0 bridgehead atoms. The summed E-state index contributed by atoms with van der Waals surface area (Å²) in [5.41, 5.74) is -0.959. The molecular formula is C19H21N3O10. The topological polar surface area (TPSA) is 183 Å². The van der Waals surface area contributed by atoms with E-state index in [2.05, 4.69) is 4.98 Å². The minimum atomic E-state index is -1.53. The first kappa shape index (κ1) is 23.1. The molecule has 0 amide bonds. The van der Waals surface area contributed by atoms with Crippen LogP contribution in [-0.4, -0.2) is 62.4 Å². The van der Waals surface area contributed by atoms with Gasteiger partial charge in [-0.1, -0.05) is 18.2 Å². The Morgan fingerprint density at radius 1 is 1.25 bits per heavy atom. The maximum Gasteiger partial charge on any atom is 0.508 e. The van der Waals surface area contributed by atoms with E-state index >= 15 is 0 Å². The molecule has 0 radical (unpaired) electrons. The van der Waals surface area contributed by atoms with E-state index in [1.165, 1.54) is 31.3 Å². The molecule has 1 aromatic carbocycles. The van der Waals surface area contributed by atoms with E-state index in [1.54, 1.807) is 6.07 Å². The molecule has 0 saturated carbocycles. The molecule has 13 heteroatoms. The van der Waals surface area contributed by atoms with Crippen LogP contribution in [0.5, 0.6) is 0 Å². The largest absolute Gasteiger partial charge is 0.508 e. The van der Waals surface area contributed by atoms with E-state index in [0.29, 0.717) is 5.56 Å². The fourth-order valence-electron chi connectivity index (χ4n) is 3.21. The van der Waals surface area contributed by atoms with Crippen molar-refractivity contribution in [1.29, 1.82) is 0 Å². The number of hydrogen-bond acceptors (Lipinski definition) is 10. The van der Waals surface area contributed by atoms with Gasteiger partial charge in [0.2, 0.25) is 0 Å². The normalized spacial score (nSPS) is 22.5. The SMILES string of the molecule is Cc1cn([C@@H]2O[C@H](COC(=O)OCCc3ccccc3[N+](=O)[O-])C(O)C2O)c(=O)[nH]c1=O. The van der Waals surface area contributed by atoms with Gasteiger partial charge in [0.05, 0.1) is 11.5 Å². The number of carbonyl (C=O) groups excluding carboxylic acids is 1. The van der Waals surface area contributed by atoms with Crippen LogP contribution >= 0.6 is 0 Å². The number of aromatic nitrogens is 2. The summed E-state index contributed by atoms with van der Waals surface area (Å²) in [4.78, 5) is 47.8. The lowest BCUT2D eigenvalue weighted by Gasteiger charge is -2.17. The quantitative estimate of drug-likeness (QED) is 0.289. The summed E-state index contributed by atoms with van der Waals surface area (Å²) in [7, 11) is 0. The third kappa shape index (κ3) is 5.01. The van der Waals surface area contributed by atoms with Gasteiger partial charge in [-0.25, -0.2) is 9.59 Å². The van der Waals surface area contributed by atoms with E-state index in [9.17, 15) is 34.7 Å². The highest BCUT2D eigenvalue weighted by molar-refractivity contribution is 5.59. The molecule has 1 aliphatic heterocycles. The molecule has 3 rings (SSSR count). The molecule has 1 aliphatic rings. The number of benzene rings is 1. The Balaban J connectivity index is 1.53. The monoisotopic (exact) mass is 451 g/mol. The van der Waals surface area contributed by atoms with Gasteiger partial charge in [-0.2, -0.15) is 0 Å². The second-order valence-electron chi connectivity index (χ2n) is 7.07. The van der Waals surface area contributed by atoms with Crippen molar-refractivity contribution in [2.24, 2.45) is 0 Å². The minimum Gasteiger partial charge on any atom is -0.434 e. The molecule has 32 heavy (non-hydrogen) atoms. The highest BCUT2D eigenvalue weighted by Crippen LogP contribution is 2.28. The van der Waals surface area contributed by atoms with E-state index in [0.717, 1.165) is 4.57 Å². The number of nitrogens with zero attached hydrogens (tertiary/aromatic N) is 2. The van der Waals surface area contributed by atoms with Crippen molar-refractivity contribution in [1.82, 2.24) is 9.55 Å². The summed E-state index contributed by atoms with van der Waals surface area (Å²) in [5, 5.41) is 31.4. The fraction of sp³-hybridized carbons (Fsp3) is 0.421. The van der Waals surface area contributed by atoms with Gasteiger partial charge in [-0.3, -0.25) is 24.5 Å². The molecule has 0 aliphatic carbocycles. The Kier molecular flexibility index (Phi) is 7.02. The minimum absolute atomic E-state index is 0.0874. The zero-order valence-corrected chi connectivity index (χ0v) is 16.9. The molecule has 4 atom stereocenters. The number of nitro benzene ring substituents is 1. The smallest absolute Gasteiger partial charge is 0.434 e. The molecule has 2 heterocycles. The third-order valence-electron chi connectivity index (χ3n) is 4.90. The Morgan fingerprint density at radius 2 is 1.97 bits per heavy atom. The number of hydrogen-bond donors (Lipinski definition) is 3. The predicted molar refractivity (Wildman–Crippen MR) is 106 cm³/mol. The number of aryl methyl sites for hydroxylation is 1. The van der Waals surface area contributed by atoms with Crippen LogP contribution in [0.25, 0.3) is 0 Å². The van der Waals surface area contributed by atoms with Crippen molar-refractivity contribution in [3.8, 4) is 0 Å². The van der Waals surface area contributed by atoms with Crippen LogP contribution in [0.2, 0.25) is 0 Å². The summed E-state index contributed by atoms with van der Waals surface area (Å²) in [5.74, 6) is 0. The molecule has 1 fully saturated rings. The van der Waals surface area contributed by atoms with E-state index < -0.39 is 53.5 Å². The van der Waals surface area contributed by atoms with Gasteiger partial charge in [0.25, 0.3) is 11.2 Å².